The lowest BCUT2D eigenvalue weighted by Crippen LogP contribution is -2.39. The summed E-state index contributed by atoms with van der Waals surface area (Å²) < 4.78 is 5.26. The molecule has 0 aliphatic heterocycles. The summed E-state index contributed by atoms with van der Waals surface area (Å²) in [7, 11) is 1.76. The first kappa shape index (κ1) is 15.8. The fourth-order valence-corrected chi connectivity index (χ4v) is 1.71. The van der Waals surface area contributed by atoms with Crippen molar-refractivity contribution >= 4 is 17.6 Å². The van der Waals surface area contributed by atoms with Crippen molar-refractivity contribution in [3.8, 4) is 0 Å². The van der Waals surface area contributed by atoms with E-state index in [0.717, 1.165) is 37.1 Å². The lowest BCUT2D eigenvalue weighted by molar-refractivity contribution is 0.152. The number of nitrogens with one attached hydrogen (secondary N) is 2. The summed E-state index contributed by atoms with van der Waals surface area (Å²) in [6.07, 6.45) is 0.934. The zero-order chi connectivity index (χ0) is 13.9. The highest BCUT2D eigenvalue weighted by atomic mass is 35.5. The Morgan fingerprint density at radius 3 is 2.53 bits per heavy atom. The zero-order valence-corrected chi connectivity index (χ0v) is 12.3. The third-order valence-electron chi connectivity index (χ3n) is 2.59. The maximum absolute atomic E-state index is 5.84. The Kier molecular flexibility index (Phi) is 8.02. The second-order valence-electron chi connectivity index (χ2n) is 4.00. The molecule has 5 heteroatoms. The molecule has 0 saturated heterocycles. The van der Waals surface area contributed by atoms with Crippen molar-refractivity contribution in [1.29, 1.82) is 0 Å². The number of halogens is 1. The molecule has 1 rings (SSSR count). The highest BCUT2D eigenvalue weighted by molar-refractivity contribution is 6.30. The van der Waals surface area contributed by atoms with Crippen LogP contribution in [0.5, 0.6) is 0 Å². The van der Waals surface area contributed by atoms with Crippen LogP contribution >= 0.6 is 11.6 Å². The van der Waals surface area contributed by atoms with Gasteiger partial charge >= 0.3 is 0 Å². The van der Waals surface area contributed by atoms with E-state index in [1.165, 1.54) is 5.56 Å². The van der Waals surface area contributed by atoms with Crippen LogP contribution in [0.1, 0.15) is 12.5 Å². The smallest absolute Gasteiger partial charge is 0.191 e. The van der Waals surface area contributed by atoms with Crippen LogP contribution in [0.3, 0.4) is 0 Å². The largest absolute Gasteiger partial charge is 0.380 e. The van der Waals surface area contributed by atoms with E-state index >= 15 is 0 Å². The Morgan fingerprint density at radius 1 is 1.21 bits per heavy atom. The Labute approximate surface area is 120 Å². The summed E-state index contributed by atoms with van der Waals surface area (Å²) in [5.41, 5.74) is 1.25. The molecule has 0 saturated carbocycles. The highest BCUT2D eigenvalue weighted by Crippen LogP contribution is 2.09. The number of rotatable bonds is 7. The molecule has 0 fully saturated rings. The Bertz CT molecular complexity index is 379. The van der Waals surface area contributed by atoms with Gasteiger partial charge in [-0.05, 0) is 31.0 Å². The second-order valence-corrected chi connectivity index (χ2v) is 4.44. The second kappa shape index (κ2) is 9.64. The molecule has 0 atom stereocenters. The minimum atomic E-state index is 0.689. The van der Waals surface area contributed by atoms with Crippen molar-refractivity contribution in [3.63, 3.8) is 0 Å². The van der Waals surface area contributed by atoms with Gasteiger partial charge in [0.05, 0.1) is 6.61 Å². The maximum atomic E-state index is 5.84. The van der Waals surface area contributed by atoms with Gasteiger partial charge in [-0.25, -0.2) is 0 Å². The number of aliphatic imine (C=N–C) groups is 1. The van der Waals surface area contributed by atoms with Crippen LogP contribution in [0.15, 0.2) is 29.3 Å². The van der Waals surface area contributed by atoms with E-state index < -0.39 is 0 Å². The topological polar surface area (TPSA) is 45.6 Å². The fraction of sp³-hybridized carbons (Fsp3) is 0.500. The Balaban J connectivity index is 2.20. The van der Waals surface area contributed by atoms with Crippen molar-refractivity contribution in [2.75, 3.05) is 33.4 Å². The Morgan fingerprint density at radius 2 is 1.89 bits per heavy atom. The van der Waals surface area contributed by atoms with Gasteiger partial charge < -0.3 is 15.4 Å². The van der Waals surface area contributed by atoms with E-state index in [1.54, 1.807) is 7.05 Å². The molecular formula is C14H22ClN3O. The maximum Gasteiger partial charge on any atom is 0.191 e. The summed E-state index contributed by atoms with van der Waals surface area (Å²) in [5, 5.41) is 7.22. The van der Waals surface area contributed by atoms with Crippen LogP contribution in [0.2, 0.25) is 5.02 Å². The summed E-state index contributed by atoms with van der Waals surface area (Å²) in [5.74, 6) is 0.800. The Hall–Kier alpha value is -1.26. The monoisotopic (exact) mass is 283 g/mol. The first-order valence-electron chi connectivity index (χ1n) is 6.53. The molecule has 0 unspecified atom stereocenters. The van der Waals surface area contributed by atoms with Gasteiger partial charge in [-0.3, -0.25) is 4.99 Å². The van der Waals surface area contributed by atoms with Crippen molar-refractivity contribution in [2.45, 2.75) is 13.3 Å². The molecular weight excluding hydrogens is 262 g/mol. The van der Waals surface area contributed by atoms with Crippen LogP contribution in [0.25, 0.3) is 0 Å². The van der Waals surface area contributed by atoms with Gasteiger partial charge in [-0.15, -0.1) is 0 Å². The quantitative estimate of drug-likeness (QED) is 0.458. The van der Waals surface area contributed by atoms with Crippen molar-refractivity contribution < 1.29 is 4.74 Å². The molecule has 106 valence electrons. The van der Waals surface area contributed by atoms with Gasteiger partial charge in [0.25, 0.3) is 0 Å². The number of hydrogen-bond acceptors (Lipinski definition) is 2. The van der Waals surface area contributed by atoms with E-state index in [0.29, 0.717) is 6.61 Å². The van der Waals surface area contributed by atoms with Crippen LogP contribution in [-0.2, 0) is 11.2 Å². The van der Waals surface area contributed by atoms with Gasteiger partial charge in [0, 0.05) is 31.8 Å². The minimum absolute atomic E-state index is 0.689. The number of hydrogen-bond donors (Lipinski definition) is 2. The van der Waals surface area contributed by atoms with Crippen molar-refractivity contribution in [2.24, 2.45) is 4.99 Å². The average molecular weight is 284 g/mol. The van der Waals surface area contributed by atoms with E-state index in [-0.39, 0.29) is 0 Å². The first-order valence-corrected chi connectivity index (χ1v) is 6.90. The van der Waals surface area contributed by atoms with Crippen LogP contribution in [-0.4, -0.2) is 39.3 Å². The van der Waals surface area contributed by atoms with E-state index in [9.17, 15) is 0 Å². The number of benzene rings is 1. The fourth-order valence-electron chi connectivity index (χ4n) is 1.58. The van der Waals surface area contributed by atoms with Crippen LogP contribution < -0.4 is 10.6 Å². The molecule has 0 aliphatic rings. The summed E-state index contributed by atoms with van der Waals surface area (Å²) in [6, 6.07) is 7.89. The van der Waals surface area contributed by atoms with Crippen LogP contribution in [0, 0.1) is 0 Å². The van der Waals surface area contributed by atoms with Crippen molar-refractivity contribution in [1.82, 2.24) is 10.6 Å². The zero-order valence-electron chi connectivity index (χ0n) is 11.6. The SMILES string of the molecule is CCOCCNC(=NC)NCCc1ccc(Cl)cc1. The molecule has 0 aromatic heterocycles. The number of guanidine groups is 1. The lowest BCUT2D eigenvalue weighted by Gasteiger charge is -2.11. The van der Waals surface area contributed by atoms with Gasteiger partial charge in [0.15, 0.2) is 5.96 Å². The molecule has 4 nitrogen and oxygen atoms in total. The van der Waals surface area contributed by atoms with Gasteiger partial charge in [-0.2, -0.15) is 0 Å². The average Bonchev–Trinajstić information content (AvgIpc) is 2.43. The predicted molar refractivity (Wildman–Crippen MR) is 81.0 cm³/mol. The molecule has 0 heterocycles. The van der Waals surface area contributed by atoms with E-state index in [4.69, 9.17) is 16.3 Å². The molecule has 1 aromatic rings. The summed E-state index contributed by atoms with van der Waals surface area (Å²) >= 11 is 5.84. The molecule has 0 spiro atoms. The number of nitrogens with zero attached hydrogens (tertiary/aromatic N) is 1. The summed E-state index contributed by atoms with van der Waals surface area (Å²) in [4.78, 5) is 4.15. The summed E-state index contributed by atoms with van der Waals surface area (Å²) in [6.45, 7) is 5.00. The third kappa shape index (κ3) is 7.03. The third-order valence-corrected chi connectivity index (χ3v) is 2.84. The van der Waals surface area contributed by atoms with Crippen molar-refractivity contribution in [3.05, 3.63) is 34.9 Å². The minimum Gasteiger partial charge on any atom is -0.380 e. The predicted octanol–water partition coefficient (Wildman–Crippen LogP) is 2.08. The first-order chi connectivity index (χ1) is 9.26. The molecule has 0 bridgehead atoms. The highest BCUT2D eigenvalue weighted by Gasteiger charge is 1.97. The normalized spacial score (nSPS) is 11.4. The van der Waals surface area contributed by atoms with Gasteiger partial charge in [0.1, 0.15) is 0 Å². The van der Waals surface area contributed by atoms with E-state index in [2.05, 4.69) is 15.6 Å². The molecule has 0 amide bonds. The molecule has 19 heavy (non-hydrogen) atoms. The molecule has 2 N–H and O–H groups in total. The number of ether oxygens (including phenoxy) is 1. The molecule has 1 aromatic carbocycles. The molecule has 0 aliphatic carbocycles. The van der Waals surface area contributed by atoms with Gasteiger partial charge in [0.2, 0.25) is 0 Å². The lowest BCUT2D eigenvalue weighted by atomic mass is 10.1. The van der Waals surface area contributed by atoms with Gasteiger partial charge in [-0.1, -0.05) is 23.7 Å². The standard InChI is InChI=1S/C14H22ClN3O/c1-3-19-11-10-18-14(16-2)17-9-8-12-4-6-13(15)7-5-12/h4-7H,3,8-11H2,1-2H3,(H2,16,17,18). The van der Waals surface area contributed by atoms with E-state index in [1.807, 2.05) is 31.2 Å². The molecule has 0 radical (unpaired) electrons. The van der Waals surface area contributed by atoms with Crippen LogP contribution in [0.4, 0.5) is 0 Å².